The Morgan fingerprint density at radius 3 is 2.37 bits per heavy atom. The number of halogens is 1. The van der Waals surface area contributed by atoms with Crippen LogP contribution in [0.2, 0.25) is 0 Å². The fraction of sp³-hybridized carbons (Fsp3) is 0.391. The molecular formula is C23H31IN4O2. The molecule has 0 aromatic heterocycles. The van der Waals surface area contributed by atoms with Gasteiger partial charge in [-0.3, -0.25) is 9.79 Å². The SMILES string of the molecule is CN=C(NCCc1ccc(OC)cc1)NCc1ccc(N2CCCCC2=O)cc1.I. The molecule has 2 N–H and O–H groups in total. The Morgan fingerprint density at radius 2 is 1.73 bits per heavy atom. The van der Waals surface area contributed by atoms with Crippen molar-refractivity contribution in [1.29, 1.82) is 0 Å². The summed E-state index contributed by atoms with van der Waals surface area (Å²) < 4.78 is 5.19. The maximum Gasteiger partial charge on any atom is 0.226 e. The highest BCUT2D eigenvalue weighted by molar-refractivity contribution is 14.0. The van der Waals surface area contributed by atoms with Crippen molar-refractivity contribution in [3.63, 3.8) is 0 Å². The van der Waals surface area contributed by atoms with Crippen LogP contribution in [0.15, 0.2) is 53.5 Å². The van der Waals surface area contributed by atoms with E-state index in [9.17, 15) is 4.79 Å². The number of carbonyl (C=O) groups is 1. The maximum absolute atomic E-state index is 12.1. The maximum atomic E-state index is 12.1. The van der Waals surface area contributed by atoms with E-state index in [1.807, 2.05) is 29.2 Å². The molecule has 30 heavy (non-hydrogen) atoms. The number of carbonyl (C=O) groups excluding carboxylic acids is 1. The number of methoxy groups -OCH3 is 1. The van der Waals surface area contributed by atoms with Crippen LogP contribution < -0.4 is 20.3 Å². The van der Waals surface area contributed by atoms with Gasteiger partial charge in [0.25, 0.3) is 0 Å². The van der Waals surface area contributed by atoms with E-state index in [1.54, 1.807) is 14.2 Å². The van der Waals surface area contributed by atoms with Gasteiger partial charge in [-0.25, -0.2) is 0 Å². The summed E-state index contributed by atoms with van der Waals surface area (Å²) in [7, 11) is 3.45. The van der Waals surface area contributed by atoms with Crippen molar-refractivity contribution in [1.82, 2.24) is 10.6 Å². The van der Waals surface area contributed by atoms with Crippen LogP contribution in [0.25, 0.3) is 0 Å². The Hall–Kier alpha value is -2.29. The number of anilines is 1. The first-order chi connectivity index (χ1) is 14.2. The monoisotopic (exact) mass is 522 g/mol. The first-order valence-electron chi connectivity index (χ1n) is 10.2. The number of hydrogen-bond donors (Lipinski definition) is 2. The molecule has 1 amide bonds. The summed E-state index contributed by atoms with van der Waals surface area (Å²) in [5.74, 6) is 1.87. The second kappa shape index (κ2) is 12.4. The van der Waals surface area contributed by atoms with Crippen LogP contribution in [0, 0.1) is 0 Å². The number of hydrogen-bond acceptors (Lipinski definition) is 3. The summed E-state index contributed by atoms with van der Waals surface area (Å²) in [6.45, 7) is 2.29. The predicted molar refractivity (Wildman–Crippen MR) is 133 cm³/mol. The van der Waals surface area contributed by atoms with Crippen molar-refractivity contribution in [2.75, 3.05) is 32.1 Å². The molecule has 1 fully saturated rings. The number of rotatable bonds is 7. The molecule has 2 aromatic rings. The van der Waals surface area contributed by atoms with E-state index in [4.69, 9.17) is 4.74 Å². The van der Waals surface area contributed by atoms with Gasteiger partial charge >= 0.3 is 0 Å². The van der Waals surface area contributed by atoms with Gasteiger partial charge < -0.3 is 20.3 Å². The van der Waals surface area contributed by atoms with Crippen LogP contribution in [0.3, 0.4) is 0 Å². The number of nitrogens with zero attached hydrogens (tertiary/aromatic N) is 2. The lowest BCUT2D eigenvalue weighted by Gasteiger charge is -2.26. The fourth-order valence-electron chi connectivity index (χ4n) is 3.40. The molecule has 7 heteroatoms. The number of piperidine rings is 1. The van der Waals surface area contributed by atoms with Crippen molar-refractivity contribution in [2.45, 2.75) is 32.2 Å². The molecule has 0 spiro atoms. The zero-order valence-electron chi connectivity index (χ0n) is 17.7. The average Bonchev–Trinajstić information content (AvgIpc) is 2.77. The standard InChI is InChI=1S/C23H30N4O2.HI/c1-24-23(25-15-14-18-8-12-21(29-2)13-9-18)26-17-19-6-10-20(11-7-19)27-16-4-3-5-22(27)28;/h6-13H,3-5,14-17H2,1-2H3,(H2,24,25,26);1H. The number of guanidine groups is 1. The van der Waals surface area contributed by atoms with E-state index >= 15 is 0 Å². The van der Waals surface area contributed by atoms with Crippen LogP contribution in [-0.4, -0.2) is 39.1 Å². The van der Waals surface area contributed by atoms with E-state index in [1.165, 1.54) is 5.56 Å². The van der Waals surface area contributed by atoms with E-state index in [-0.39, 0.29) is 29.9 Å². The van der Waals surface area contributed by atoms with Gasteiger partial charge in [0.15, 0.2) is 5.96 Å². The van der Waals surface area contributed by atoms with Gasteiger partial charge in [0.05, 0.1) is 7.11 Å². The van der Waals surface area contributed by atoms with Crippen molar-refractivity contribution in [3.05, 3.63) is 59.7 Å². The summed E-state index contributed by atoms with van der Waals surface area (Å²) in [5.41, 5.74) is 3.38. The Morgan fingerprint density at radius 1 is 1.03 bits per heavy atom. The van der Waals surface area contributed by atoms with Crippen LogP contribution >= 0.6 is 24.0 Å². The van der Waals surface area contributed by atoms with Crippen molar-refractivity contribution >= 4 is 41.5 Å². The Bertz CT molecular complexity index is 822. The highest BCUT2D eigenvalue weighted by atomic mass is 127. The molecule has 0 saturated carbocycles. The minimum atomic E-state index is 0. The fourth-order valence-corrected chi connectivity index (χ4v) is 3.40. The second-order valence-electron chi connectivity index (χ2n) is 7.12. The lowest BCUT2D eigenvalue weighted by atomic mass is 10.1. The van der Waals surface area contributed by atoms with E-state index < -0.39 is 0 Å². The third kappa shape index (κ3) is 6.90. The van der Waals surface area contributed by atoms with Gasteiger partial charge in [-0.2, -0.15) is 0 Å². The molecule has 0 atom stereocenters. The summed E-state index contributed by atoms with van der Waals surface area (Å²) in [4.78, 5) is 18.2. The summed E-state index contributed by atoms with van der Waals surface area (Å²) in [6.07, 6.45) is 3.64. The second-order valence-corrected chi connectivity index (χ2v) is 7.12. The molecule has 1 saturated heterocycles. The van der Waals surface area contributed by atoms with Crippen molar-refractivity contribution in [2.24, 2.45) is 4.99 Å². The van der Waals surface area contributed by atoms with Crippen LogP contribution in [0.4, 0.5) is 5.69 Å². The molecule has 0 radical (unpaired) electrons. The van der Waals surface area contributed by atoms with E-state index in [2.05, 4.69) is 39.9 Å². The van der Waals surface area contributed by atoms with Gasteiger partial charge in [-0.1, -0.05) is 24.3 Å². The van der Waals surface area contributed by atoms with Crippen LogP contribution in [-0.2, 0) is 17.8 Å². The minimum Gasteiger partial charge on any atom is -0.497 e. The lowest BCUT2D eigenvalue weighted by Crippen LogP contribution is -2.38. The highest BCUT2D eigenvalue weighted by Crippen LogP contribution is 2.21. The number of ether oxygens (including phenoxy) is 1. The van der Waals surface area contributed by atoms with Gasteiger partial charge in [0.2, 0.25) is 5.91 Å². The number of aliphatic imine (C=N–C) groups is 1. The van der Waals surface area contributed by atoms with Gasteiger partial charge in [-0.05, 0) is 54.7 Å². The third-order valence-electron chi connectivity index (χ3n) is 5.12. The van der Waals surface area contributed by atoms with Crippen molar-refractivity contribution < 1.29 is 9.53 Å². The smallest absolute Gasteiger partial charge is 0.226 e. The third-order valence-corrected chi connectivity index (χ3v) is 5.12. The molecule has 1 heterocycles. The van der Waals surface area contributed by atoms with Crippen LogP contribution in [0.1, 0.15) is 30.4 Å². The predicted octanol–water partition coefficient (Wildman–Crippen LogP) is 3.74. The van der Waals surface area contributed by atoms with Gasteiger partial charge in [0, 0.05) is 38.8 Å². The Labute approximate surface area is 196 Å². The number of amides is 1. The normalized spacial score (nSPS) is 14.1. The molecule has 1 aliphatic rings. The summed E-state index contributed by atoms with van der Waals surface area (Å²) in [5, 5.41) is 6.68. The van der Waals surface area contributed by atoms with Gasteiger partial charge in [-0.15, -0.1) is 24.0 Å². The topological polar surface area (TPSA) is 66.0 Å². The molecule has 3 rings (SSSR count). The first-order valence-corrected chi connectivity index (χ1v) is 10.2. The Balaban J connectivity index is 0.00000320. The Kier molecular flexibility index (Phi) is 9.93. The summed E-state index contributed by atoms with van der Waals surface area (Å²) >= 11 is 0. The zero-order chi connectivity index (χ0) is 20.5. The molecule has 1 aliphatic heterocycles. The van der Waals surface area contributed by atoms with E-state index in [0.29, 0.717) is 13.0 Å². The summed E-state index contributed by atoms with van der Waals surface area (Å²) in [6, 6.07) is 16.3. The average molecular weight is 522 g/mol. The lowest BCUT2D eigenvalue weighted by molar-refractivity contribution is -0.119. The molecule has 2 aromatic carbocycles. The molecule has 0 bridgehead atoms. The van der Waals surface area contributed by atoms with Gasteiger partial charge in [0.1, 0.15) is 5.75 Å². The molecule has 6 nitrogen and oxygen atoms in total. The number of nitrogens with one attached hydrogen (secondary N) is 2. The highest BCUT2D eigenvalue weighted by Gasteiger charge is 2.19. The van der Waals surface area contributed by atoms with Crippen molar-refractivity contribution in [3.8, 4) is 5.75 Å². The first kappa shape index (κ1) is 24.0. The quantitative estimate of drug-likeness (QED) is 0.331. The van der Waals surface area contributed by atoms with Crippen LogP contribution in [0.5, 0.6) is 5.75 Å². The molecule has 162 valence electrons. The molecule has 0 unspecified atom stereocenters. The molecule has 0 aliphatic carbocycles. The zero-order valence-corrected chi connectivity index (χ0v) is 20.0. The van der Waals surface area contributed by atoms with E-state index in [0.717, 1.165) is 55.3 Å². The number of benzene rings is 2. The largest absolute Gasteiger partial charge is 0.497 e. The molecular weight excluding hydrogens is 491 g/mol. The minimum absolute atomic E-state index is 0.